The number of aryl methyl sites for hydroxylation is 1. The maximum atomic E-state index is 13.7. The van der Waals surface area contributed by atoms with Gasteiger partial charge in [0.1, 0.15) is 17.1 Å². The maximum Gasteiger partial charge on any atom is 0.209 e. The smallest absolute Gasteiger partial charge is 0.209 e. The van der Waals surface area contributed by atoms with Crippen molar-refractivity contribution in [2.45, 2.75) is 6.92 Å². The Morgan fingerprint density at radius 1 is 1.29 bits per heavy atom. The molecule has 0 spiro atoms. The molecule has 0 bridgehead atoms. The van der Waals surface area contributed by atoms with Crippen LogP contribution in [0.25, 0.3) is 0 Å². The number of rotatable bonds is 3. The lowest BCUT2D eigenvalue weighted by molar-refractivity contribution is 0.103. The van der Waals surface area contributed by atoms with E-state index in [4.69, 9.17) is 4.74 Å². The van der Waals surface area contributed by atoms with E-state index in [1.165, 1.54) is 30.6 Å². The third-order valence-corrected chi connectivity index (χ3v) is 3.39. The average molecular weight is 250 g/mol. The van der Waals surface area contributed by atoms with Crippen molar-refractivity contribution in [2.24, 2.45) is 0 Å². The number of carbonyl (C=O) groups excluding carboxylic acids is 1. The van der Waals surface area contributed by atoms with Gasteiger partial charge < -0.3 is 4.74 Å². The summed E-state index contributed by atoms with van der Waals surface area (Å²) in [7, 11) is 1.42. The molecule has 0 saturated heterocycles. The number of ether oxygens (including phenoxy) is 1. The first-order chi connectivity index (χ1) is 8.13. The van der Waals surface area contributed by atoms with Gasteiger partial charge in [0.2, 0.25) is 5.78 Å². The summed E-state index contributed by atoms with van der Waals surface area (Å²) in [5.74, 6) is -0.625. The molecule has 0 radical (unpaired) electrons. The first-order valence-electron chi connectivity index (χ1n) is 5.07. The molecule has 88 valence electrons. The molecule has 17 heavy (non-hydrogen) atoms. The Balaban J connectivity index is 2.50. The molecule has 0 N–H and O–H groups in total. The summed E-state index contributed by atoms with van der Waals surface area (Å²) < 4.78 is 18.7. The third kappa shape index (κ3) is 2.22. The van der Waals surface area contributed by atoms with Gasteiger partial charge >= 0.3 is 0 Å². The number of halogens is 1. The normalized spacial score (nSPS) is 10.3. The second kappa shape index (κ2) is 4.67. The number of thiophene rings is 1. The van der Waals surface area contributed by atoms with Crippen LogP contribution in [0.4, 0.5) is 4.39 Å². The van der Waals surface area contributed by atoms with Crippen LogP contribution < -0.4 is 4.74 Å². The largest absolute Gasteiger partial charge is 0.496 e. The van der Waals surface area contributed by atoms with Crippen molar-refractivity contribution in [3.63, 3.8) is 0 Å². The van der Waals surface area contributed by atoms with Gasteiger partial charge in [0.15, 0.2) is 0 Å². The Labute approximate surface area is 103 Å². The van der Waals surface area contributed by atoms with E-state index in [2.05, 4.69) is 0 Å². The topological polar surface area (TPSA) is 26.3 Å². The fraction of sp³-hybridized carbons (Fsp3) is 0.154. The molecule has 2 aromatic rings. The van der Waals surface area contributed by atoms with Crippen LogP contribution in [0.2, 0.25) is 0 Å². The second-order valence-corrected chi connectivity index (χ2v) is 4.84. The van der Waals surface area contributed by atoms with Crippen molar-refractivity contribution < 1.29 is 13.9 Å². The average Bonchev–Trinajstić information content (AvgIpc) is 2.74. The van der Waals surface area contributed by atoms with Gasteiger partial charge in [0, 0.05) is 4.88 Å². The van der Waals surface area contributed by atoms with Crippen LogP contribution in [0.15, 0.2) is 30.3 Å². The molecule has 0 atom stereocenters. The molecule has 0 aliphatic rings. The summed E-state index contributed by atoms with van der Waals surface area (Å²) in [6.45, 7) is 1.90. The Hall–Kier alpha value is -1.68. The predicted molar refractivity (Wildman–Crippen MR) is 65.4 cm³/mol. The zero-order valence-electron chi connectivity index (χ0n) is 9.49. The lowest BCUT2D eigenvalue weighted by atomic mass is 10.1. The Morgan fingerprint density at radius 2 is 2.06 bits per heavy atom. The van der Waals surface area contributed by atoms with Crippen LogP contribution in [0.1, 0.15) is 20.1 Å². The number of ketones is 1. The first kappa shape index (κ1) is 11.8. The molecule has 4 heteroatoms. The zero-order valence-corrected chi connectivity index (χ0v) is 10.3. The van der Waals surface area contributed by atoms with Gasteiger partial charge in [-0.2, -0.15) is 0 Å². The molecule has 0 aliphatic carbocycles. The highest BCUT2D eigenvalue weighted by molar-refractivity contribution is 7.14. The van der Waals surface area contributed by atoms with Crippen LogP contribution in [0.3, 0.4) is 0 Å². The number of benzene rings is 1. The lowest BCUT2D eigenvalue weighted by Gasteiger charge is -2.07. The lowest BCUT2D eigenvalue weighted by Crippen LogP contribution is -2.05. The summed E-state index contributed by atoms with van der Waals surface area (Å²) >= 11 is 1.35. The molecule has 0 aliphatic heterocycles. The molecule has 1 aromatic carbocycles. The number of hydrogen-bond donors (Lipinski definition) is 0. The highest BCUT2D eigenvalue weighted by Gasteiger charge is 2.20. The van der Waals surface area contributed by atoms with Gasteiger partial charge in [-0.05, 0) is 31.2 Å². The van der Waals surface area contributed by atoms with Crippen molar-refractivity contribution in [1.29, 1.82) is 0 Å². The van der Waals surface area contributed by atoms with Gasteiger partial charge in [-0.25, -0.2) is 4.39 Å². The highest BCUT2D eigenvalue weighted by Crippen LogP contribution is 2.27. The molecule has 0 saturated carbocycles. The molecule has 2 rings (SSSR count). The van der Waals surface area contributed by atoms with E-state index in [1.54, 1.807) is 12.1 Å². The van der Waals surface area contributed by atoms with Crippen molar-refractivity contribution >= 4 is 17.1 Å². The molecule has 0 unspecified atom stereocenters. The van der Waals surface area contributed by atoms with Gasteiger partial charge in [-0.3, -0.25) is 4.79 Å². The highest BCUT2D eigenvalue weighted by atomic mass is 32.1. The summed E-state index contributed by atoms with van der Waals surface area (Å²) in [5.41, 5.74) is -0.00292. The molecule has 2 nitrogen and oxygen atoms in total. The standard InChI is InChI=1S/C13H11FO2S/c1-8-6-7-11(17-8)13(15)12-9(14)4-3-5-10(12)16-2/h3-7H,1-2H3. The van der Waals surface area contributed by atoms with Crippen LogP contribution in [0, 0.1) is 12.7 Å². The minimum atomic E-state index is -0.555. The van der Waals surface area contributed by atoms with Gasteiger partial charge in [-0.1, -0.05) is 6.07 Å². The van der Waals surface area contributed by atoms with E-state index in [9.17, 15) is 9.18 Å². The molecule has 1 heterocycles. The van der Waals surface area contributed by atoms with E-state index in [-0.39, 0.29) is 17.1 Å². The van der Waals surface area contributed by atoms with E-state index in [0.717, 1.165) is 4.88 Å². The van der Waals surface area contributed by atoms with Crippen LogP contribution in [-0.4, -0.2) is 12.9 Å². The minimum absolute atomic E-state index is 0.00292. The predicted octanol–water partition coefficient (Wildman–Crippen LogP) is 3.44. The van der Waals surface area contributed by atoms with E-state index in [1.807, 2.05) is 13.0 Å². The monoisotopic (exact) mass is 250 g/mol. The van der Waals surface area contributed by atoms with Crippen molar-refractivity contribution in [1.82, 2.24) is 0 Å². The third-order valence-electron chi connectivity index (χ3n) is 2.39. The van der Waals surface area contributed by atoms with Gasteiger partial charge in [-0.15, -0.1) is 11.3 Å². The Bertz CT molecular complexity index is 560. The summed E-state index contributed by atoms with van der Waals surface area (Å²) in [5, 5.41) is 0. The summed E-state index contributed by atoms with van der Waals surface area (Å²) in [6.07, 6.45) is 0. The SMILES string of the molecule is COc1cccc(F)c1C(=O)c1ccc(C)s1. The van der Waals surface area contributed by atoms with Gasteiger partial charge in [0.05, 0.1) is 12.0 Å². The van der Waals surface area contributed by atoms with E-state index >= 15 is 0 Å². The van der Waals surface area contributed by atoms with Crippen molar-refractivity contribution in [3.8, 4) is 5.75 Å². The van der Waals surface area contributed by atoms with Crippen LogP contribution >= 0.6 is 11.3 Å². The molecule has 0 fully saturated rings. The quantitative estimate of drug-likeness (QED) is 0.780. The zero-order chi connectivity index (χ0) is 12.4. The Morgan fingerprint density at radius 3 is 2.65 bits per heavy atom. The number of carbonyl (C=O) groups is 1. The maximum absolute atomic E-state index is 13.7. The minimum Gasteiger partial charge on any atom is -0.496 e. The molecular weight excluding hydrogens is 239 g/mol. The van der Waals surface area contributed by atoms with Crippen molar-refractivity contribution in [3.05, 3.63) is 51.5 Å². The van der Waals surface area contributed by atoms with Crippen molar-refractivity contribution in [2.75, 3.05) is 7.11 Å². The van der Waals surface area contributed by atoms with E-state index in [0.29, 0.717) is 4.88 Å². The first-order valence-corrected chi connectivity index (χ1v) is 5.88. The van der Waals surface area contributed by atoms with Crippen LogP contribution in [0.5, 0.6) is 5.75 Å². The summed E-state index contributed by atoms with van der Waals surface area (Å²) in [6, 6.07) is 7.90. The fourth-order valence-corrected chi connectivity index (χ4v) is 2.39. The summed E-state index contributed by atoms with van der Waals surface area (Å²) in [4.78, 5) is 13.7. The second-order valence-electron chi connectivity index (χ2n) is 3.56. The molecular formula is C13H11FO2S. The Kier molecular flexibility index (Phi) is 3.24. The van der Waals surface area contributed by atoms with Crippen LogP contribution in [-0.2, 0) is 0 Å². The fourth-order valence-electron chi connectivity index (χ4n) is 1.57. The molecule has 1 aromatic heterocycles. The van der Waals surface area contributed by atoms with Gasteiger partial charge in [0.25, 0.3) is 0 Å². The van der Waals surface area contributed by atoms with E-state index < -0.39 is 5.82 Å². The molecule has 0 amide bonds. The number of methoxy groups -OCH3 is 1. The number of hydrogen-bond acceptors (Lipinski definition) is 3.